The summed E-state index contributed by atoms with van der Waals surface area (Å²) in [6.45, 7) is 1.91. The molecule has 4 heterocycles. The van der Waals surface area contributed by atoms with Gasteiger partial charge in [-0.1, -0.05) is 0 Å². The standard InChI is InChI=1S/C18H19N9O2/c1-10-7-15(24-25(10)3)26-6-4-5-11(18(26)29)22-14-8-12(20-2)17-21-9-13(16(19)28)27(17)23-14/h4-9,20H,1-3H3,(H2,19,28)(H,22,23). The maximum absolute atomic E-state index is 13.0. The van der Waals surface area contributed by atoms with E-state index in [1.165, 1.54) is 15.3 Å². The van der Waals surface area contributed by atoms with E-state index in [0.717, 1.165) is 5.69 Å². The third kappa shape index (κ3) is 3.08. The quantitative estimate of drug-likeness (QED) is 0.456. The smallest absolute Gasteiger partial charge is 0.280 e. The molecule has 1 amide bonds. The molecule has 0 fully saturated rings. The fourth-order valence-corrected chi connectivity index (χ4v) is 2.95. The lowest BCUT2D eigenvalue weighted by molar-refractivity contribution is 0.0993. The molecule has 4 aromatic heterocycles. The third-order valence-corrected chi connectivity index (χ3v) is 4.55. The van der Waals surface area contributed by atoms with Crippen molar-refractivity contribution in [2.45, 2.75) is 6.92 Å². The van der Waals surface area contributed by atoms with Crippen LogP contribution in [-0.2, 0) is 7.05 Å². The number of imidazole rings is 1. The van der Waals surface area contributed by atoms with E-state index in [4.69, 9.17) is 5.73 Å². The summed E-state index contributed by atoms with van der Waals surface area (Å²) in [5.41, 5.74) is 7.53. The van der Waals surface area contributed by atoms with Crippen molar-refractivity contribution in [3.05, 3.63) is 58.4 Å². The van der Waals surface area contributed by atoms with Gasteiger partial charge in [0.25, 0.3) is 11.5 Å². The van der Waals surface area contributed by atoms with E-state index in [1.54, 1.807) is 36.1 Å². The molecule has 0 unspecified atom stereocenters. The summed E-state index contributed by atoms with van der Waals surface area (Å²) in [6.07, 6.45) is 3.00. The van der Waals surface area contributed by atoms with Gasteiger partial charge in [-0.3, -0.25) is 18.8 Å². The fraction of sp³-hybridized carbons (Fsp3) is 0.167. The van der Waals surface area contributed by atoms with Crippen LogP contribution in [0.25, 0.3) is 11.5 Å². The highest BCUT2D eigenvalue weighted by Gasteiger charge is 2.15. The number of fused-ring (bicyclic) bond motifs is 1. The summed E-state index contributed by atoms with van der Waals surface area (Å²) in [5, 5.41) is 14.7. The van der Waals surface area contributed by atoms with E-state index in [2.05, 4.69) is 25.8 Å². The van der Waals surface area contributed by atoms with Crippen LogP contribution in [0.3, 0.4) is 0 Å². The molecule has 0 bridgehead atoms. The van der Waals surface area contributed by atoms with Gasteiger partial charge in [-0.2, -0.15) is 5.10 Å². The molecule has 4 N–H and O–H groups in total. The van der Waals surface area contributed by atoms with E-state index in [0.29, 0.717) is 28.7 Å². The predicted octanol–water partition coefficient (Wildman–Crippen LogP) is 0.806. The first kappa shape index (κ1) is 18.2. The highest BCUT2D eigenvalue weighted by Crippen LogP contribution is 2.21. The summed E-state index contributed by atoms with van der Waals surface area (Å²) in [5.74, 6) is 0.204. The Morgan fingerprint density at radius 1 is 1.21 bits per heavy atom. The lowest BCUT2D eigenvalue weighted by Gasteiger charge is -2.10. The average Bonchev–Trinajstić information content (AvgIpc) is 3.26. The molecular weight excluding hydrogens is 374 g/mol. The Kier molecular flexibility index (Phi) is 4.26. The molecule has 0 saturated heterocycles. The van der Waals surface area contributed by atoms with Crippen LogP contribution in [0, 0.1) is 6.92 Å². The molecule has 0 aliphatic heterocycles. The zero-order valence-corrected chi connectivity index (χ0v) is 16.0. The zero-order valence-electron chi connectivity index (χ0n) is 16.0. The highest BCUT2D eigenvalue weighted by atomic mass is 16.1. The van der Waals surface area contributed by atoms with Gasteiger partial charge in [0.15, 0.2) is 17.3 Å². The molecule has 0 aliphatic carbocycles. The number of carbonyl (C=O) groups excluding carboxylic acids is 1. The first-order valence-electron chi connectivity index (χ1n) is 8.75. The zero-order chi connectivity index (χ0) is 20.7. The van der Waals surface area contributed by atoms with Gasteiger partial charge in [-0.15, -0.1) is 5.10 Å². The number of nitrogens with two attached hydrogens (primary N) is 1. The number of aromatic nitrogens is 6. The van der Waals surface area contributed by atoms with Crippen molar-refractivity contribution in [2.75, 3.05) is 17.7 Å². The van der Waals surface area contributed by atoms with Gasteiger partial charge in [0.05, 0.1) is 11.9 Å². The molecule has 148 valence electrons. The number of hydrogen-bond donors (Lipinski definition) is 3. The first-order valence-corrected chi connectivity index (χ1v) is 8.75. The Bertz CT molecular complexity index is 1280. The van der Waals surface area contributed by atoms with Crippen molar-refractivity contribution in [1.82, 2.24) is 28.9 Å². The van der Waals surface area contributed by atoms with Crippen LogP contribution in [-0.4, -0.2) is 41.9 Å². The number of pyridine rings is 1. The highest BCUT2D eigenvalue weighted by molar-refractivity contribution is 5.92. The van der Waals surface area contributed by atoms with Crippen molar-refractivity contribution < 1.29 is 4.79 Å². The molecule has 11 heteroatoms. The molecule has 0 aliphatic rings. The number of aryl methyl sites for hydroxylation is 2. The Morgan fingerprint density at radius 3 is 2.66 bits per heavy atom. The molecule has 0 radical (unpaired) electrons. The van der Waals surface area contributed by atoms with E-state index >= 15 is 0 Å². The lowest BCUT2D eigenvalue weighted by Crippen LogP contribution is -2.21. The molecule has 4 aromatic rings. The molecule has 29 heavy (non-hydrogen) atoms. The minimum absolute atomic E-state index is 0.134. The Hall–Kier alpha value is -4.15. The van der Waals surface area contributed by atoms with Crippen LogP contribution < -0.4 is 21.9 Å². The lowest BCUT2D eigenvalue weighted by atomic mass is 10.3. The van der Waals surface area contributed by atoms with E-state index in [9.17, 15) is 9.59 Å². The van der Waals surface area contributed by atoms with Crippen molar-refractivity contribution in [3.63, 3.8) is 0 Å². The summed E-state index contributed by atoms with van der Waals surface area (Å²) in [6, 6.07) is 6.88. The molecular formula is C18H19N9O2. The Labute approximate surface area is 164 Å². The summed E-state index contributed by atoms with van der Waals surface area (Å²) < 4.78 is 4.47. The van der Waals surface area contributed by atoms with Crippen LogP contribution in [0.5, 0.6) is 0 Å². The minimum Gasteiger partial charge on any atom is -0.385 e. The van der Waals surface area contributed by atoms with Gasteiger partial charge in [0, 0.05) is 38.1 Å². The van der Waals surface area contributed by atoms with Crippen LogP contribution >= 0.6 is 0 Å². The minimum atomic E-state index is -0.656. The third-order valence-electron chi connectivity index (χ3n) is 4.55. The number of hydrogen-bond acceptors (Lipinski definition) is 7. The number of primary amides is 1. The van der Waals surface area contributed by atoms with Crippen LogP contribution in [0.4, 0.5) is 17.2 Å². The van der Waals surface area contributed by atoms with Gasteiger partial charge in [0.1, 0.15) is 11.4 Å². The van der Waals surface area contributed by atoms with E-state index in [1.807, 2.05) is 20.0 Å². The molecule has 0 spiro atoms. The van der Waals surface area contributed by atoms with Crippen LogP contribution in [0.1, 0.15) is 16.2 Å². The second-order valence-electron chi connectivity index (χ2n) is 6.43. The van der Waals surface area contributed by atoms with Crippen LogP contribution in [0.15, 0.2) is 41.5 Å². The van der Waals surface area contributed by atoms with E-state index in [-0.39, 0.29) is 11.3 Å². The summed E-state index contributed by atoms with van der Waals surface area (Å²) >= 11 is 0. The fourth-order valence-electron chi connectivity index (χ4n) is 2.95. The maximum atomic E-state index is 13.0. The number of carbonyl (C=O) groups is 1. The van der Waals surface area contributed by atoms with Gasteiger partial charge < -0.3 is 16.4 Å². The van der Waals surface area contributed by atoms with Crippen molar-refractivity contribution in [2.24, 2.45) is 12.8 Å². The second-order valence-corrected chi connectivity index (χ2v) is 6.43. The normalized spacial score (nSPS) is 11.0. The number of amides is 1. The topological polar surface area (TPSA) is 137 Å². The van der Waals surface area contributed by atoms with Crippen molar-refractivity contribution >= 4 is 28.7 Å². The molecule has 0 atom stereocenters. The Morgan fingerprint density at radius 2 is 2.00 bits per heavy atom. The molecule has 0 saturated carbocycles. The predicted molar refractivity (Wildman–Crippen MR) is 108 cm³/mol. The van der Waals surface area contributed by atoms with Gasteiger partial charge in [-0.25, -0.2) is 9.50 Å². The summed E-state index contributed by atoms with van der Waals surface area (Å²) in [7, 11) is 3.53. The number of nitrogens with one attached hydrogen (secondary N) is 2. The monoisotopic (exact) mass is 393 g/mol. The first-order chi connectivity index (χ1) is 13.9. The second kappa shape index (κ2) is 6.78. The van der Waals surface area contributed by atoms with Gasteiger partial charge in [-0.05, 0) is 19.1 Å². The molecule has 4 rings (SSSR count). The maximum Gasteiger partial charge on any atom is 0.280 e. The largest absolute Gasteiger partial charge is 0.385 e. The summed E-state index contributed by atoms with van der Waals surface area (Å²) in [4.78, 5) is 28.8. The van der Waals surface area contributed by atoms with Gasteiger partial charge in [0.2, 0.25) is 0 Å². The molecule has 11 nitrogen and oxygen atoms in total. The average molecular weight is 393 g/mol. The van der Waals surface area contributed by atoms with E-state index < -0.39 is 5.91 Å². The number of nitrogens with zero attached hydrogens (tertiary/aromatic N) is 6. The SMILES string of the molecule is CNc1cc(Nc2cccn(-c3cc(C)n(C)n3)c2=O)nn2c(C(N)=O)cnc12. The van der Waals surface area contributed by atoms with Crippen molar-refractivity contribution in [1.29, 1.82) is 0 Å². The number of anilines is 3. The Balaban J connectivity index is 1.79. The number of rotatable bonds is 5. The van der Waals surface area contributed by atoms with Crippen molar-refractivity contribution in [3.8, 4) is 5.82 Å². The van der Waals surface area contributed by atoms with Gasteiger partial charge >= 0.3 is 0 Å². The molecule has 0 aromatic carbocycles. The van der Waals surface area contributed by atoms with Crippen LogP contribution in [0.2, 0.25) is 0 Å².